The number of aromatic nitrogens is 1. The van der Waals surface area contributed by atoms with Crippen molar-refractivity contribution in [3.8, 4) is 0 Å². The van der Waals surface area contributed by atoms with E-state index in [1.54, 1.807) is 20.1 Å². The first-order chi connectivity index (χ1) is 12.1. The van der Waals surface area contributed by atoms with Crippen molar-refractivity contribution in [3.63, 3.8) is 0 Å². The van der Waals surface area contributed by atoms with E-state index >= 15 is 0 Å². The predicted octanol–water partition coefficient (Wildman–Crippen LogP) is 3.15. The monoisotopic (exact) mass is 353 g/mol. The highest BCUT2D eigenvalue weighted by Gasteiger charge is 2.17. The van der Waals surface area contributed by atoms with E-state index in [0.29, 0.717) is 31.2 Å². The second kappa shape index (κ2) is 12.5. The number of hydrogen-bond acceptors (Lipinski definition) is 5. The lowest BCUT2D eigenvalue weighted by Crippen LogP contribution is -2.39. The first-order valence-electron chi connectivity index (χ1n) is 9.06. The first kappa shape index (κ1) is 21.2. The number of carbonyl (C=O) groups excluding carboxylic acids is 2. The lowest BCUT2D eigenvalue weighted by molar-refractivity contribution is -0.135. The van der Waals surface area contributed by atoms with Crippen LogP contribution in [0, 0.1) is 6.92 Å². The molecule has 1 N–H and O–H groups in total. The third-order valence-corrected chi connectivity index (χ3v) is 3.89. The minimum absolute atomic E-state index is 0.00998. The minimum Gasteiger partial charge on any atom is -0.383 e. The SMILES string of the molecule is CCCCCCCCC(=O)N(CCOC)CC(=O)Nc1cc(C)on1. The molecule has 7 heteroatoms. The molecule has 1 aromatic heterocycles. The number of amides is 2. The van der Waals surface area contributed by atoms with E-state index in [9.17, 15) is 9.59 Å². The average molecular weight is 353 g/mol. The number of rotatable bonds is 13. The molecule has 0 fully saturated rings. The second-order valence-electron chi connectivity index (χ2n) is 6.20. The lowest BCUT2D eigenvalue weighted by atomic mass is 10.1. The van der Waals surface area contributed by atoms with E-state index in [4.69, 9.17) is 9.26 Å². The number of hydrogen-bond donors (Lipinski definition) is 1. The van der Waals surface area contributed by atoms with Crippen molar-refractivity contribution in [1.29, 1.82) is 0 Å². The highest BCUT2D eigenvalue weighted by atomic mass is 16.5. The summed E-state index contributed by atoms with van der Waals surface area (Å²) in [5.74, 6) is 0.669. The molecule has 1 aromatic rings. The maximum atomic E-state index is 12.4. The van der Waals surface area contributed by atoms with Crippen LogP contribution in [0.5, 0.6) is 0 Å². The van der Waals surface area contributed by atoms with Gasteiger partial charge in [-0.25, -0.2) is 0 Å². The summed E-state index contributed by atoms with van der Waals surface area (Å²) in [6.45, 7) is 4.72. The van der Waals surface area contributed by atoms with Crippen molar-refractivity contribution in [3.05, 3.63) is 11.8 Å². The van der Waals surface area contributed by atoms with E-state index in [2.05, 4.69) is 17.4 Å². The number of anilines is 1. The Bertz CT molecular complexity index is 516. The summed E-state index contributed by atoms with van der Waals surface area (Å²) in [6, 6.07) is 1.63. The van der Waals surface area contributed by atoms with Crippen LogP contribution >= 0.6 is 0 Å². The summed E-state index contributed by atoms with van der Waals surface area (Å²) in [7, 11) is 1.58. The molecule has 0 atom stereocenters. The van der Waals surface area contributed by atoms with E-state index < -0.39 is 0 Å². The van der Waals surface area contributed by atoms with Gasteiger partial charge in [-0.1, -0.05) is 44.2 Å². The third-order valence-electron chi connectivity index (χ3n) is 3.89. The highest BCUT2D eigenvalue weighted by molar-refractivity contribution is 5.93. The summed E-state index contributed by atoms with van der Waals surface area (Å²) in [4.78, 5) is 26.0. The number of carbonyl (C=O) groups is 2. The second-order valence-corrected chi connectivity index (χ2v) is 6.20. The Morgan fingerprint density at radius 3 is 2.60 bits per heavy atom. The van der Waals surface area contributed by atoms with Crippen LogP contribution in [0.15, 0.2) is 10.6 Å². The number of aryl methyl sites for hydroxylation is 1. The fourth-order valence-electron chi connectivity index (χ4n) is 2.49. The Kier molecular flexibility index (Phi) is 10.6. The van der Waals surface area contributed by atoms with Gasteiger partial charge < -0.3 is 19.5 Å². The van der Waals surface area contributed by atoms with Gasteiger partial charge in [-0.15, -0.1) is 0 Å². The lowest BCUT2D eigenvalue weighted by Gasteiger charge is -2.21. The maximum absolute atomic E-state index is 12.4. The van der Waals surface area contributed by atoms with Crippen LogP contribution in [0.25, 0.3) is 0 Å². The first-order valence-corrected chi connectivity index (χ1v) is 9.06. The molecule has 0 saturated carbocycles. The number of unbranched alkanes of at least 4 members (excludes halogenated alkanes) is 5. The van der Waals surface area contributed by atoms with Crippen molar-refractivity contribution in [2.75, 3.05) is 32.1 Å². The molecule has 1 rings (SSSR count). The number of ether oxygens (including phenoxy) is 1. The number of methoxy groups -OCH3 is 1. The molecule has 0 aliphatic rings. The van der Waals surface area contributed by atoms with Gasteiger partial charge in [0.25, 0.3) is 0 Å². The van der Waals surface area contributed by atoms with E-state index in [-0.39, 0.29) is 18.4 Å². The predicted molar refractivity (Wildman–Crippen MR) is 96.3 cm³/mol. The largest absolute Gasteiger partial charge is 0.383 e. The molecule has 1 heterocycles. The highest BCUT2D eigenvalue weighted by Crippen LogP contribution is 2.10. The number of nitrogens with zero attached hydrogens (tertiary/aromatic N) is 2. The molecule has 142 valence electrons. The summed E-state index contributed by atoms with van der Waals surface area (Å²) in [5.41, 5.74) is 0. The topological polar surface area (TPSA) is 84.7 Å². The van der Waals surface area contributed by atoms with Crippen LogP contribution in [0.3, 0.4) is 0 Å². The van der Waals surface area contributed by atoms with E-state index in [0.717, 1.165) is 19.3 Å². The Labute approximate surface area is 150 Å². The minimum atomic E-state index is -0.291. The van der Waals surface area contributed by atoms with Gasteiger partial charge in [0.05, 0.1) is 13.2 Å². The molecule has 0 saturated heterocycles. The van der Waals surface area contributed by atoms with Crippen molar-refractivity contribution < 1.29 is 18.8 Å². The van der Waals surface area contributed by atoms with Gasteiger partial charge in [-0.05, 0) is 13.3 Å². The van der Waals surface area contributed by atoms with Gasteiger partial charge >= 0.3 is 0 Å². The molecule has 0 radical (unpaired) electrons. The Balaban J connectivity index is 2.40. The van der Waals surface area contributed by atoms with Crippen molar-refractivity contribution in [1.82, 2.24) is 10.1 Å². The van der Waals surface area contributed by atoms with Gasteiger partial charge in [-0.2, -0.15) is 0 Å². The van der Waals surface area contributed by atoms with Crippen molar-refractivity contribution in [2.45, 2.75) is 58.8 Å². The average Bonchev–Trinajstić information content (AvgIpc) is 2.99. The van der Waals surface area contributed by atoms with Crippen LogP contribution in [-0.2, 0) is 14.3 Å². The zero-order chi connectivity index (χ0) is 18.5. The Hall–Kier alpha value is -1.89. The van der Waals surface area contributed by atoms with Gasteiger partial charge in [0.2, 0.25) is 11.8 Å². The molecule has 0 aliphatic carbocycles. The zero-order valence-corrected chi connectivity index (χ0v) is 15.7. The summed E-state index contributed by atoms with van der Waals surface area (Å²) in [6.07, 6.45) is 7.21. The molecular formula is C18H31N3O4. The van der Waals surface area contributed by atoms with Crippen molar-refractivity contribution in [2.24, 2.45) is 0 Å². The molecule has 2 amide bonds. The molecular weight excluding hydrogens is 322 g/mol. The van der Waals surface area contributed by atoms with Gasteiger partial charge in [0.15, 0.2) is 5.82 Å². The fraction of sp³-hybridized carbons (Fsp3) is 0.722. The molecule has 0 unspecified atom stereocenters. The number of nitrogens with one attached hydrogen (secondary N) is 1. The van der Waals surface area contributed by atoms with Gasteiger partial charge in [0.1, 0.15) is 5.76 Å². The molecule has 0 spiro atoms. The van der Waals surface area contributed by atoms with E-state index in [1.807, 2.05) is 0 Å². The van der Waals surface area contributed by atoms with Crippen LogP contribution in [0.2, 0.25) is 0 Å². The Morgan fingerprint density at radius 1 is 1.24 bits per heavy atom. The third kappa shape index (κ3) is 9.24. The van der Waals surface area contributed by atoms with Crippen LogP contribution in [0.1, 0.15) is 57.6 Å². The smallest absolute Gasteiger partial charge is 0.245 e. The summed E-state index contributed by atoms with van der Waals surface area (Å²) >= 11 is 0. The zero-order valence-electron chi connectivity index (χ0n) is 15.7. The quantitative estimate of drug-likeness (QED) is 0.551. The summed E-state index contributed by atoms with van der Waals surface area (Å²) < 4.78 is 9.95. The van der Waals surface area contributed by atoms with Crippen LogP contribution in [-0.4, -0.2) is 48.7 Å². The maximum Gasteiger partial charge on any atom is 0.245 e. The molecule has 0 aliphatic heterocycles. The fourth-order valence-corrected chi connectivity index (χ4v) is 2.49. The van der Waals surface area contributed by atoms with Crippen molar-refractivity contribution >= 4 is 17.6 Å². The van der Waals surface area contributed by atoms with Crippen LogP contribution in [0.4, 0.5) is 5.82 Å². The van der Waals surface area contributed by atoms with Gasteiger partial charge in [0, 0.05) is 26.1 Å². The van der Waals surface area contributed by atoms with Gasteiger partial charge in [-0.3, -0.25) is 9.59 Å². The van der Waals surface area contributed by atoms with Crippen LogP contribution < -0.4 is 5.32 Å². The molecule has 7 nitrogen and oxygen atoms in total. The van der Waals surface area contributed by atoms with E-state index in [1.165, 1.54) is 24.2 Å². The Morgan fingerprint density at radius 2 is 1.96 bits per heavy atom. The molecule has 0 aromatic carbocycles. The molecule has 25 heavy (non-hydrogen) atoms. The summed E-state index contributed by atoms with van der Waals surface area (Å²) in [5, 5.41) is 6.36. The standard InChI is InChI=1S/C18H31N3O4/c1-4-5-6-7-8-9-10-18(23)21(11-12-24-3)14-17(22)19-16-13-15(2)25-20-16/h13H,4-12,14H2,1-3H3,(H,19,20,22). The molecule has 0 bridgehead atoms. The normalized spacial score (nSPS) is 10.7.